The molecule has 4 nitrogen and oxygen atoms in total. The van der Waals surface area contributed by atoms with Crippen LogP contribution in [-0.2, 0) is 6.18 Å². The number of hydrogen-bond donors (Lipinski definition) is 1. The Bertz CT molecular complexity index is 692. The van der Waals surface area contributed by atoms with Gasteiger partial charge in [0.05, 0.1) is 11.3 Å². The average molecular weight is 333 g/mol. The van der Waals surface area contributed by atoms with Gasteiger partial charge in [0.25, 0.3) is 0 Å². The maximum absolute atomic E-state index is 12.5. The van der Waals surface area contributed by atoms with Gasteiger partial charge in [0.1, 0.15) is 11.5 Å². The summed E-state index contributed by atoms with van der Waals surface area (Å²) in [4.78, 5) is 0. The second kappa shape index (κ2) is 5.84. The molecule has 1 aliphatic rings. The number of halogens is 4. The monoisotopic (exact) mass is 332 g/mol. The van der Waals surface area contributed by atoms with Gasteiger partial charge in [-0.15, -0.1) is 0 Å². The van der Waals surface area contributed by atoms with Gasteiger partial charge in [-0.25, -0.2) is 0 Å². The van der Waals surface area contributed by atoms with E-state index in [1.807, 2.05) is 0 Å². The minimum Gasteiger partial charge on any atom is -1.00 e. The van der Waals surface area contributed by atoms with Gasteiger partial charge in [-0.1, -0.05) is 0 Å². The molecule has 0 bridgehead atoms. The lowest BCUT2D eigenvalue weighted by atomic mass is 10.2. The maximum atomic E-state index is 12.5. The van der Waals surface area contributed by atoms with E-state index in [1.165, 1.54) is 6.07 Å². The molecule has 0 aromatic heterocycles. The Kier molecular flexibility index (Phi) is 4.27. The Labute approximate surface area is 130 Å². The molecule has 2 aromatic carbocycles. The van der Waals surface area contributed by atoms with Crippen molar-refractivity contribution < 1.29 is 39.8 Å². The van der Waals surface area contributed by atoms with Crippen molar-refractivity contribution in [2.75, 3.05) is 12.5 Å². The SMILES string of the molecule is Nc1cc(C(F)(F)F)ccc1Oc1ccc2c(c1)OCO2.[Cl-]. The highest BCUT2D eigenvalue weighted by molar-refractivity contribution is 5.57. The molecule has 0 spiro atoms. The van der Waals surface area contributed by atoms with Gasteiger partial charge >= 0.3 is 6.18 Å². The van der Waals surface area contributed by atoms with Crippen molar-refractivity contribution in [3.8, 4) is 23.0 Å². The highest BCUT2D eigenvalue weighted by Gasteiger charge is 2.31. The van der Waals surface area contributed by atoms with Crippen LogP contribution in [0.5, 0.6) is 23.0 Å². The summed E-state index contributed by atoms with van der Waals surface area (Å²) in [7, 11) is 0. The first-order valence-electron chi connectivity index (χ1n) is 5.98. The largest absolute Gasteiger partial charge is 1.00 e. The lowest BCUT2D eigenvalue weighted by Gasteiger charge is -2.12. The van der Waals surface area contributed by atoms with Crippen LogP contribution in [-0.4, -0.2) is 6.79 Å². The molecule has 0 aliphatic carbocycles. The molecule has 118 valence electrons. The molecule has 2 aromatic rings. The van der Waals surface area contributed by atoms with Gasteiger partial charge in [-0.05, 0) is 30.3 Å². The number of benzene rings is 2. The fourth-order valence-corrected chi connectivity index (χ4v) is 1.89. The van der Waals surface area contributed by atoms with E-state index in [2.05, 4.69) is 0 Å². The second-order valence-electron chi connectivity index (χ2n) is 4.37. The Balaban J connectivity index is 0.00000176. The van der Waals surface area contributed by atoms with Crippen molar-refractivity contribution in [3.63, 3.8) is 0 Å². The van der Waals surface area contributed by atoms with E-state index in [0.717, 1.165) is 12.1 Å². The smallest absolute Gasteiger partial charge is 0.416 e. The van der Waals surface area contributed by atoms with Gasteiger partial charge in [-0.2, -0.15) is 13.2 Å². The minimum absolute atomic E-state index is 0. The number of anilines is 1. The summed E-state index contributed by atoms with van der Waals surface area (Å²) in [6.07, 6.45) is -4.44. The van der Waals surface area contributed by atoms with Crippen molar-refractivity contribution in [2.45, 2.75) is 6.18 Å². The molecule has 0 unspecified atom stereocenters. The Morgan fingerprint density at radius 3 is 2.41 bits per heavy atom. The molecular formula is C14H10ClF3NO3-. The lowest BCUT2D eigenvalue weighted by Crippen LogP contribution is -3.00. The summed E-state index contributed by atoms with van der Waals surface area (Å²) in [6.45, 7) is 0.126. The molecule has 0 saturated heterocycles. The first-order chi connectivity index (χ1) is 9.93. The van der Waals surface area contributed by atoms with Crippen LogP contribution < -0.4 is 32.4 Å². The van der Waals surface area contributed by atoms with Crippen LogP contribution >= 0.6 is 0 Å². The molecule has 0 fully saturated rings. The van der Waals surface area contributed by atoms with Crippen LogP contribution in [0.2, 0.25) is 0 Å². The van der Waals surface area contributed by atoms with Crippen LogP contribution in [0, 0.1) is 0 Å². The van der Waals surface area contributed by atoms with E-state index < -0.39 is 11.7 Å². The number of nitrogens with two attached hydrogens (primary N) is 1. The second-order valence-corrected chi connectivity index (χ2v) is 4.37. The number of fused-ring (bicyclic) bond motifs is 1. The third kappa shape index (κ3) is 3.14. The molecule has 0 atom stereocenters. The Morgan fingerprint density at radius 2 is 1.73 bits per heavy atom. The van der Waals surface area contributed by atoms with Crippen LogP contribution in [0.25, 0.3) is 0 Å². The van der Waals surface area contributed by atoms with Gasteiger partial charge in [-0.3, -0.25) is 0 Å². The van der Waals surface area contributed by atoms with Gasteiger partial charge < -0.3 is 32.4 Å². The normalized spacial score (nSPS) is 12.7. The topological polar surface area (TPSA) is 53.7 Å². The average Bonchev–Trinajstić information content (AvgIpc) is 2.87. The summed E-state index contributed by atoms with van der Waals surface area (Å²) in [5.41, 5.74) is 4.68. The summed E-state index contributed by atoms with van der Waals surface area (Å²) in [5, 5.41) is 0. The van der Waals surface area contributed by atoms with Crippen LogP contribution in [0.15, 0.2) is 36.4 Å². The molecule has 1 aliphatic heterocycles. The van der Waals surface area contributed by atoms with Gasteiger partial charge in [0.2, 0.25) is 6.79 Å². The zero-order valence-corrected chi connectivity index (χ0v) is 11.7. The first-order valence-corrected chi connectivity index (χ1v) is 5.98. The van der Waals surface area contributed by atoms with Crippen molar-refractivity contribution in [3.05, 3.63) is 42.0 Å². The number of alkyl halides is 3. The highest BCUT2D eigenvalue weighted by atomic mass is 35.5. The predicted molar refractivity (Wildman–Crippen MR) is 68.5 cm³/mol. The number of ether oxygens (including phenoxy) is 3. The number of rotatable bonds is 2. The molecule has 1 heterocycles. The molecule has 8 heteroatoms. The number of hydrogen-bond acceptors (Lipinski definition) is 4. The summed E-state index contributed by atoms with van der Waals surface area (Å²) in [6, 6.07) is 7.78. The Hall–Kier alpha value is -2.28. The predicted octanol–water partition coefficient (Wildman–Crippen LogP) is 0.813. The lowest BCUT2D eigenvalue weighted by molar-refractivity contribution is -0.137. The van der Waals surface area contributed by atoms with Crippen molar-refractivity contribution in [2.24, 2.45) is 0 Å². The van der Waals surface area contributed by atoms with E-state index in [1.54, 1.807) is 18.2 Å². The fourth-order valence-electron chi connectivity index (χ4n) is 1.89. The fraction of sp³-hybridized carbons (Fsp3) is 0.143. The summed E-state index contributed by atoms with van der Waals surface area (Å²) < 4.78 is 53.5. The van der Waals surface area contributed by atoms with Gasteiger partial charge in [0.15, 0.2) is 11.5 Å². The zero-order chi connectivity index (χ0) is 15.0. The van der Waals surface area contributed by atoms with Crippen LogP contribution in [0.4, 0.5) is 18.9 Å². The maximum Gasteiger partial charge on any atom is 0.416 e. The highest BCUT2D eigenvalue weighted by Crippen LogP contribution is 2.39. The van der Waals surface area contributed by atoms with E-state index in [9.17, 15) is 13.2 Å². The van der Waals surface area contributed by atoms with E-state index >= 15 is 0 Å². The van der Waals surface area contributed by atoms with E-state index in [0.29, 0.717) is 17.2 Å². The molecule has 0 saturated carbocycles. The van der Waals surface area contributed by atoms with Crippen molar-refractivity contribution in [1.29, 1.82) is 0 Å². The quantitative estimate of drug-likeness (QED) is 0.827. The van der Waals surface area contributed by atoms with E-state index in [4.69, 9.17) is 19.9 Å². The minimum atomic E-state index is -4.44. The molecule has 0 radical (unpaired) electrons. The summed E-state index contributed by atoms with van der Waals surface area (Å²) >= 11 is 0. The van der Waals surface area contributed by atoms with E-state index in [-0.39, 0.29) is 30.6 Å². The van der Waals surface area contributed by atoms with Crippen molar-refractivity contribution in [1.82, 2.24) is 0 Å². The Morgan fingerprint density at radius 1 is 1.00 bits per heavy atom. The molecule has 0 amide bonds. The molecule has 2 N–H and O–H groups in total. The standard InChI is InChI=1S/C14H10F3NO3.ClH/c15-14(16,17)8-1-3-11(10(18)5-8)21-9-2-4-12-13(6-9)20-7-19-12;/h1-6H,7,18H2;1H/p-1. The van der Waals surface area contributed by atoms with Crippen LogP contribution in [0.3, 0.4) is 0 Å². The third-order valence-electron chi connectivity index (χ3n) is 2.91. The number of nitrogen functional groups attached to an aromatic ring is 1. The van der Waals surface area contributed by atoms with Crippen molar-refractivity contribution >= 4 is 5.69 Å². The molecule has 22 heavy (non-hydrogen) atoms. The van der Waals surface area contributed by atoms with Crippen LogP contribution in [0.1, 0.15) is 5.56 Å². The molecular weight excluding hydrogens is 323 g/mol. The molecule has 3 rings (SSSR count). The van der Waals surface area contributed by atoms with Gasteiger partial charge in [0, 0.05) is 6.07 Å². The summed E-state index contributed by atoms with van der Waals surface area (Å²) in [5.74, 6) is 1.63. The third-order valence-corrected chi connectivity index (χ3v) is 2.91. The zero-order valence-electron chi connectivity index (χ0n) is 11.0. The first kappa shape index (κ1) is 16.1.